The maximum absolute atomic E-state index is 14.0. The molecule has 6 nitrogen and oxygen atoms in total. The van der Waals surface area contributed by atoms with Gasteiger partial charge in [-0.25, -0.2) is 8.78 Å². The van der Waals surface area contributed by atoms with Crippen LogP contribution in [0.15, 0.2) is 79.0 Å². The maximum Gasteiger partial charge on any atom is 0.244 e. The van der Waals surface area contributed by atoms with E-state index in [1.54, 1.807) is 29.0 Å². The Hall–Kier alpha value is -4.72. The van der Waals surface area contributed by atoms with Crippen molar-refractivity contribution in [1.82, 2.24) is 14.9 Å². The van der Waals surface area contributed by atoms with Crippen molar-refractivity contribution < 1.29 is 23.4 Å². The summed E-state index contributed by atoms with van der Waals surface area (Å²) in [5, 5.41) is 14.2. The van der Waals surface area contributed by atoms with Crippen LogP contribution >= 0.6 is 0 Å². The molecule has 0 aliphatic rings. The number of pyridine rings is 1. The number of aromatic nitrogens is 2. The second kappa shape index (κ2) is 9.50. The lowest BCUT2D eigenvalue weighted by Gasteiger charge is -2.08. The predicted octanol–water partition coefficient (Wildman–Crippen LogP) is 5.50. The Bertz CT molecular complexity index is 1620. The standard InChI is InChI=1S/C28H21F2N3O3/c1-36-27-10-17(6-8-26(27)34)7-9-28(35)32-15-20-14-23-22-4-2-3-5-24(22)33(25(23)16-31-20)21-12-18(29)11-19(30)13-21/h2-14,16,34H,15H2,1H3,(H,32,35)/b9-7+. The molecule has 3 aromatic carbocycles. The van der Waals surface area contributed by atoms with E-state index in [1.165, 1.54) is 31.4 Å². The SMILES string of the molecule is COc1cc(/C=C/C(=O)NCc2cc3c4ccccc4n(-c4cc(F)cc(F)c4)c3cn2)ccc1O. The number of hydrogen-bond donors (Lipinski definition) is 2. The summed E-state index contributed by atoms with van der Waals surface area (Å²) in [6, 6.07) is 17.6. The van der Waals surface area contributed by atoms with Crippen LogP contribution in [0.4, 0.5) is 8.78 Å². The summed E-state index contributed by atoms with van der Waals surface area (Å²) in [5.41, 5.74) is 3.16. The van der Waals surface area contributed by atoms with Gasteiger partial charge in [0.05, 0.1) is 42.3 Å². The third-order valence-electron chi connectivity index (χ3n) is 5.80. The number of nitrogens with zero attached hydrogens (tertiary/aromatic N) is 2. The molecule has 5 aromatic rings. The molecule has 2 heterocycles. The molecule has 8 heteroatoms. The van der Waals surface area contributed by atoms with Gasteiger partial charge in [0.25, 0.3) is 0 Å². The van der Waals surface area contributed by atoms with Crippen molar-refractivity contribution in [2.75, 3.05) is 7.11 Å². The molecular weight excluding hydrogens is 464 g/mol. The number of benzene rings is 3. The fourth-order valence-electron chi connectivity index (χ4n) is 4.16. The average Bonchev–Trinajstić information content (AvgIpc) is 3.20. The number of fused-ring (bicyclic) bond motifs is 3. The molecule has 0 radical (unpaired) electrons. The zero-order valence-electron chi connectivity index (χ0n) is 19.2. The van der Waals surface area contributed by atoms with E-state index in [2.05, 4.69) is 10.3 Å². The Morgan fingerprint density at radius 2 is 1.81 bits per heavy atom. The van der Waals surface area contributed by atoms with Gasteiger partial charge in [-0.05, 0) is 48.0 Å². The highest BCUT2D eigenvalue weighted by Crippen LogP contribution is 2.32. The topological polar surface area (TPSA) is 76.4 Å². The predicted molar refractivity (Wildman–Crippen MR) is 134 cm³/mol. The summed E-state index contributed by atoms with van der Waals surface area (Å²) >= 11 is 0. The molecule has 0 spiro atoms. The van der Waals surface area contributed by atoms with Gasteiger partial charge < -0.3 is 19.7 Å². The van der Waals surface area contributed by atoms with Gasteiger partial charge in [-0.1, -0.05) is 24.3 Å². The highest BCUT2D eigenvalue weighted by Gasteiger charge is 2.14. The first-order valence-electron chi connectivity index (χ1n) is 11.1. The number of phenolic OH excluding ortho intramolecular Hbond substituents is 1. The molecule has 2 N–H and O–H groups in total. The Labute approximate surface area is 205 Å². The van der Waals surface area contributed by atoms with Crippen molar-refractivity contribution in [1.29, 1.82) is 0 Å². The smallest absolute Gasteiger partial charge is 0.244 e. The zero-order chi connectivity index (χ0) is 25.2. The fraction of sp³-hybridized carbons (Fsp3) is 0.0714. The minimum atomic E-state index is -0.665. The van der Waals surface area contributed by atoms with Crippen molar-refractivity contribution in [3.05, 3.63) is 102 Å². The number of hydrogen-bond acceptors (Lipinski definition) is 4. The van der Waals surface area contributed by atoms with Gasteiger partial charge in [0.2, 0.25) is 5.91 Å². The van der Waals surface area contributed by atoms with Crippen LogP contribution in [-0.2, 0) is 11.3 Å². The number of rotatable bonds is 6. The molecule has 0 aliphatic carbocycles. The van der Waals surface area contributed by atoms with Crippen molar-refractivity contribution in [3.8, 4) is 17.2 Å². The van der Waals surface area contributed by atoms with Crippen LogP contribution in [0.3, 0.4) is 0 Å². The van der Waals surface area contributed by atoms with Crippen LogP contribution in [0.1, 0.15) is 11.3 Å². The minimum Gasteiger partial charge on any atom is -0.504 e. The number of ether oxygens (including phenoxy) is 1. The molecule has 5 rings (SSSR count). The number of carbonyl (C=O) groups is 1. The van der Waals surface area contributed by atoms with Crippen LogP contribution in [0.2, 0.25) is 0 Å². The number of phenols is 1. The monoisotopic (exact) mass is 485 g/mol. The van der Waals surface area contributed by atoms with E-state index in [0.29, 0.717) is 28.2 Å². The number of carbonyl (C=O) groups excluding carboxylic acids is 1. The Morgan fingerprint density at radius 3 is 2.58 bits per heavy atom. The Balaban J connectivity index is 1.41. The van der Waals surface area contributed by atoms with E-state index >= 15 is 0 Å². The summed E-state index contributed by atoms with van der Waals surface area (Å²) < 4.78 is 34.7. The van der Waals surface area contributed by atoms with Gasteiger partial charge in [0.15, 0.2) is 11.5 Å². The average molecular weight is 485 g/mol. The number of para-hydroxylation sites is 1. The van der Waals surface area contributed by atoms with Gasteiger partial charge in [0.1, 0.15) is 11.6 Å². The molecule has 0 saturated heterocycles. The van der Waals surface area contributed by atoms with Crippen molar-refractivity contribution in [2.45, 2.75) is 6.54 Å². The van der Waals surface area contributed by atoms with Gasteiger partial charge in [0, 0.05) is 22.9 Å². The minimum absolute atomic E-state index is 0.0180. The van der Waals surface area contributed by atoms with Gasteiger partial charge in [-0.15, -0.1) is 0 Å². The van der Waals surface area contributed by atoms with E-state index in [9.17, 15) is 18.7 Å². The first kappa shape index (κ1) is 23.0. The summed E-state index contributed by atoms with van der Waals surface area (Å²) in [6.07, 6.45) is 4.63. The van der Waals surface area contributed by atoms with Crippen molar-refractivity contribution >= 4 is 33.8 Å². The van der Waals surface area contributed by atoms with E-state index in [0.717, 1.165) is 22.4 Å². The quantitative estimate of drug-likeness (QED) is 0.312. The van der Waals surface area contributed by atoms with E-state index < -0.39 is 11.6 Å². The highest BCUT2D eigenvalue weighted by molar-refractivity contribution is 6.09. The van der Waals surface area contributed by atoms with Crippen LogP contribution in [0.25, 0.3) is 33.6 Å². The number of amides is 1. The lowest BCUT2D eigenvalue weighted by Crippen LogP contribution is -2.20. The molecule has 0 aliphatic heterocycles. The van der Waals surface area contributed by atoms with Gasteiger partial charge >= 0.3 is 0 Å². The fourth-order valence-corrected chi connectivity index (χ4v) is 4.16. The molecular formula is C28H21F2N3O3. The second-order valence-electron chi connectivity index (χ2n) is 8.16. The Kier molecular flexibility index (Phi) is 6.08. The largest absolute Gasteiger partial charge is 0.504 e. The summed E-state index contributed by atoms with van der Waals surface area (Å²) in [4.78, 5) is 16.8. The van der Waals surface area contributed by atoms with E-state index in [4.69, 9.17) is 4.74 Å². The zero-order valence-corrected chi connectivity index (χ0v) is 19.2. The number of nitrogens with one attached hydrogen (secondary N) is 1. The van der Waals surface area contributed by atoms with Crippen LogP contribution in [0.5, 0.6) is 11.5 Å². The highest BCUT2D eigenvalue weighted by atomic mass is 19.1. The van der Waals surface area contributed by atoms with Crippen LogP contribution < -0.4 is 10.1 Å². The normalized spacial score (nSPS) is 11.4. The Morgan fingerprint density at radius 1 is 1.03 bits per heavy atom. The van der Waals surface area contributed by atoms with Crippen molar-refractivity contribution in [3.63, 3.8) is 0 Å². The molecule has 36 heavy (non-hydrogen) atoms. The van der Waals surface area contributed by atoms with Crippen molar-refractivity contribution in [2.24, 2.45) is 0 Å². The first-order valence-corrected chi connectivity index (χ1v) is 11.1. The van der Waals surface area contributed by atoms with Gasteiger partial charge in [-0.2, -0.15) is 0 Å². The van der Waals surface area contributed by atoms with Gasteiger partial charge in [-0.3, -0.25) is 9.78 Å². The van der Waals surface area contributed by atoms with E-state index in [1.807, 2.05) is 30.3 Å². The molecule has 0 unspecified atom stereocenters. The number of halogens is 2. The van der Waals surface area contributed by atoms with Crippen LogP contribution in [-0.4, -0.2) is 27.7 Å². The van der Waals surface area contributed by atoms with E-state index in [-0.39, 0.29) is 18.2 Å². The molecule has 0 saturated carbocycles. The third-order valence-corrected chi connectivity index (χ3v) is 5.80. The molecule has 180 valence electrons. The summed E-state index contributed by atoms with van der Waals surface area (Å²) in [5.74, 6) is -1.31. The number of methoxy groups -OCH3 is 1. The summed E-state index contributed by atoms with van der Waals surface area (Å²) in [7, 11) is 1.45. The van der Waals surface area contributed by atoms with Crippen LogP contribution in [0, 0.1) is 11.6 Å². The molecule has 0 fully saturated rings. The maximum atomic E-state index is 14.0. The summed E-state index contributed by atoms with van der Waals surface area (Å²) in [6.45, 7) is 0.187. The molecule has 0 bridgehead atoms. The molecule has 0 atom stereocenters. The lowest BCUT2D eigenvalue weighted by molar-refractivity contribution is -0.116. The third kappa shape index (κ3) is 4.48. The number of aromatic hydroxyl groups is 1. The molecule has 1 amide bonds. The second-order valence-corrected chi connectivity index (χ2v) is 8.16. The first-order chi connectivity index (χ1) is 17.4. The lowest BCUT2D eigenvalue weighted by atomic mass is 10.1. The molecule has 2 aromatic heterocycles.